The molecule has 0 atom stereocenters. The van der Waals surface area contributed by atoms with Gasteiger partial charge >= 0.3 is 0 Å². The Hall–Kier alpha value is -2.53. The first kappa shape index (κ1) is 17.8. The number of amides is 2. The zero-order chi connectivity index (χ0) is 17.7. The van der Waals surface area contributed by atoms with Crippen LogP contribution in [0.3, 0.4) is 0 Å². The van der Waals surface area contributed by atoms with E-state index in [0.717, 1.165) is 0 Å². The van der Waals surface area contributed by atoms with E-state index in [1.54, 1.807) is 42.5 Å². The Morgan fingerprint density at radius 1 is 1.04 bits per heavy atom. The number of nitrogens with one attached hydrogen (secondary N) is 2. The second-order valence-electron chi connectivity index (χ2n) is 5.51. The van der Waals surface area contributed by atoms with Gasteiger partial charge in [-0.1, -0.05) is 17.7 Å². The molecule has 0 spiro atoms. The van der Waals surface area contributed by atoms with Crippen molar-refractivity contribution in [2.75, 3.05) is 12.4 Å². The van der Waals surface area contributed by atoms with Gasteiger partial charge < -0.3 is 15.4 Å². The lowest BCUT2D eigenvalue weighted by Crippen LogP contribution is -2.30. The molecule has 0 aliphatic rings. The number of rotatable bonds is 5. The maximum atomic E-state index is 12.4. The number of ether oxygens (including phenoxy) is 1. The molecule has 0 saturated carbocycles. The molecule has 0 aliphatic heterocycles. The summed E-state index contributed by atoms with van der Waals surface area (Å²) in [5.74, 6) is 0.0228. The Balaban J connectivity index is 2.22. The Morgan fingerprint density at radius 2 is 1.75 bits per heavy atom. The number of carbonyl (C=O) groups is 2. The quantitative estimate of drug-likeness (QED) is 0.866. The molecule has 0 aliphatic carbocycles. The summed E-state index contributed by atoms with van der Waals surface area (Å²) in [5.41, 5.74) is 1.23. The lowest BCUT2D eigenvalue weighted by molar-refractivity contribution is 0.0942. The first-order valence-electron chi connectivity index (χ1n) is 7.46. The van der Waals surface area contributed by atoms with E-state index in [2.05, 4.69) is 10.6 Å². The predicted octanol–water partition coefficient (Wildman–Crippen LogP) is 3.74. The minimum absolute atomic E-state index is 0.0167. The molecular weight excluding hydrogens is 328 g/mol. The van der Waals surface area contributed by atoms with Crippen LogP contribution in [0.25, 0.3) is 0 Å². The molecule has 2 rings (SSSR count). The number of benzene rings is 2. The fourth-order valence-electron chi connectivity index (χ4n) is 2.07. The molecule has 0 bridgehead atoms. The zero-order valence-electron chi connectivity index (χ0n) is 13.7. The molecule has 126 valence electrons. The lowest BCUT2D eigenvalue weighted by atomic mass is 10.1. The maximum Gasteiger partial charge on any atom is 0.255 e. The van der Waals surface area contributed by atoms with Gasteiger partial charge in [0.2, 0.25) is 0 Å². The average molecular weight is 347 g/mol. The van der Waals surface area contributed by atoms with Crippen molar-refractivity contribution in [1.29, 1.82) is 0 Å². The van der Waals surface area contributed by atoms with Gasteiger partial charge in [0.05, 0.1) is 17.8 Å². The number of hydrogen-bond acceptors (Lipinski definition) is 3. The van der Waals surface area contributed by atoms with Crippen LogP contribution in [0.5, 0.6) is 5.75 Å². The van der Waals surface area contributed by atoms with Crippen LogP contribution in [0.1, 0.15) is 34.6 Å². The van der Waals surface area contributed by atoms with Crippen molar-refractivity contribution in [2.24, 2.45) is 0 Å². The van der Waals surface area contributed by atoms with E-state index in [-0.39, 0.29) is 17.9 Å². The summed E-state index contributed by atoms with van der Waals surface area (Å²) in [6.07, 6.45) is 0. The second-order valence-corrected chi connectivity index (χ2v) is 5.92. The largest absolute Gasteiger partial charge is 0.497 e. The van der Waals surface area contributed by atoms with E-state index in [4.69, 9.17) is 16.3 Å². The van der Waals surface area contributed by atoms with Crippen LogP contribution in [0.2, 0.25) is 5.02 Å². The van der Waals surface area contributed by atoms with Crippen LogP contribution in [0, 0.1) is 0 Å². The van der Waals surface area contributed by atoms with E-state index >= 15 is 0 Å². The smallest absolute Gasteiger partial charge is 0.255 e. The number of anilines is 1. The summed E-state index contributed by atoms with van der Waals surface area (Å²) in [5, 5.41) is 5.87. The fourth-order valence-corrected chi connectivity index (χ4v) is 2.23. The normalized spacial score (nSPS) is 10.4. The van der Waals surface area contributed by atoms with Crippen LogP contribution in [0.4, 0.5) is 5.69 Å². The van der Waals surface area contributed by atoms with E-state index in [9.17, 15) is 9.59 Å². The topological polar surface area (TPSA) is 67.4 Å². The molecule has 6 heteroatoms. The molecule has 2 aromatic carbocycles. The predicted molar refractivity (Wildman–Crippen MR) is 95.0 cm³/mol. The SMILES string of the molecule is COc1cccc(C(=O)Nc2cc(C(=O)NC(C)C)ccc2Cl)c1. The van der Waals surface area contributed by atoms with Crippen molar-refractivity contribution < 1.29 is 14.3 Å². The van der Waals surface area contributed by atoms with E-state index in [1.807, 2.05) is 13.8 Å². The van der Waals surface area contributed by atoms with Crippen molar-refractivity contribution in [2.45, 2.75) is 19.9 Å². The number of methoxy groups -OCH3 is 1. The summed E-state index contributed by atoms with van der Waals surface area (Å²) in [7, 11) is 1.53. The van der Waals surface area contributed by atoms with Gasteiger partial charge in [-0.2, -0.15) is 0 Å². The molecule has 2 N–H and O–H groups in total. The van der Waals surface area contributed by atoms with E-state index < -0.39 is 0 Å². The second kappa shape index (κ2) is 7.84. The van der Waals surface area contributed by atoms with Crippen LogP contribution < -0.4 is 15.4 Å². The molecule has 0 unspecified atom stereocenters. The molecule has 0 heterocycles. The van der Waals surface area contributed by atoms with Crippen LogP contribution in [-0.4, -0.2) is 25.0 Å². The summed E-state index contributed by atoms with van der Waals surface area (Å²) in [6.45, 7) is 3.75. The van der Waals surface area contributed by atoms with Crippen LogP contribution in [0.15, 0.2) is 42.5 Å². The van der Waals surface area contributed by atoms with E-state index in [0.29, 0.717) is 27.6 Å². The number of hydrogen-bond donors (Lipinski definition) is 2. The Morgan fingerprint density at radius 3 is 2.42 bits per heavy atom. The minimum Gasteiger partial charge on any atom is -0.497 e. The Kier molecular flexibility index (Phi) is 5.82. The van der Waals surface area contributed by atoms with Gasteiger partial charge in [0.25, 0.3) is 11.8 Å². The summed E-state index contributed by atoms with van der Waals surface area (Å²) >= 11 is 6.13. The van der Waals surface area contributed by atoms with Gasteiger partial charge in [0, 0.05) is 17.2 Å². The summed E-state index contributed by atoms with van der Waals surface area (Å²) < 4.78 is 5.11. The average Bonchev–Trinajstić information content (AvgIpc) is 2.56. The number of halogens is 1. The molecule has 0 aromatic heterocycles. The van der Waals surface area contributed by atoms with Gasteiger partial charge in [-0.25, -0.2) is 0 Å². The molecule has 5 nitrogen and oxygen atoms in total. The Labute approximate surface area is 146 Å². The third-order valence-corrected chi connectivity index (χ3v) is 3.56. The van der Waals surface area contributed by atoms with E-state index in [1.165, 1.54) is 7.11 Å². The minimum atomic E-state index is -0.336. The summed E-state index contributed by atoms with van der Waals surface area (Å²) in [4.78, 5) is 24.4. The molecule has 2 aromatic rings. The van der Waals surface area contributed by atoms with Crippen molar-refractivity contribution >= 4 is 29.1 Å². The fraction of sp³-hybridized carbons (Fsp3) is 0.222. The molecule has 0 saturated heterocycles. The van der Waals surface area contributed by atoms with Crippen LogP contribution >= 0.6 is 11.6 Å². The standard InChI is InChI=1S/C18H19ClN2O3/c1-11(2)20-17(22)13-7-8-15(19)16(10-13)21-18(23)12-5-4-6-14(9-12)24-3/h4-11H,1-3H3,(H,20,22)(H,21,23). The lowest BCUT2D eigenvalue weighted by Gasteiger charge is -2.12. The summed E-state index contributed by atoms with van der Waals surface area (Å²) in [6, 6.07) is 11.5. The van der Waals surface area contributed by atoms with Crippen molar-refractivity contribution in [3.8, 4) is 5.75 Å². The Bertz CT molecular complexity index is 760. The van der Waals surface area contributed by atoms with Gasteiger partial charge in [-0.3, -0.25) is 9.59 Å². The van der Waals surface area contributed by atoms with Crippen molar-refractivity contribution in [3.63, 3.8) is 0 Å². The first-order chi connectivity index (χ1) is 11.4. The molecule has 2 amide bonds. The molecule has 0 fully saturated rings. The van der Waals surface area contributed by atoms with Crippen LogP contribution in [-0.2, 0) is 0 Å². The number of carbonyl (C=O) groups excluding carboxylic acids is 2. The molecule has 24 heavy (non-hydrogen) atoms. The van der Waals surface area contributed by atoms with Gasteiger partial charge in [0.15, 0.2) is 0 Å². The van der Waals surface area contributed by atoms with Gasteiger partial charge in [-0.15, -0.1) is 0 Å². The van der Waals surface area contributed by atoms with Crippen molar-refractivity contribution in [1.82, 2.24) is 5.32 Å². The first-order valence-corrected chi connectivity index (χ1v) is 7.84. The highest BCUT2D eigenvalue weighted by molar-refractivity contribution is 6.34. The highest BCUT2D eigenvalue weighted by atomic mass is 35.5. The van der Waals surface area contributed by atoms with Crippen molar-refractivity contribution in [3.05, 3.63) is 58.6 Å². The zero-order valence-corrected chi connectivity index (χ0v) is 14.5. The highest BCUT2D eigenvalue weighted by Gasteiger charge is 2.13. The van der Waals surface area contributed by atoms with Gasteiger partial charge in [-0.05, 0) is 50.2 Å². The maximum absolute atomic E-state index is 12.4. The third kappa shape index (κ3) is 4.49. The molecular formula is C18H19ClN2O3. The van der Waals surface area contributed by atoms with Gasteiger partial charge in [0.1, 0.15) is 5.75 Å². The third-order valence-electron chi connectivity index (χ3n) is 3.23. The monoisotopic (exact) mass is 346 g/mol. The highest BCUT2D eigenvalue weighted by Crippen LogP contribution is 2.24. The molecule has 0 radical (unpaired) electrons.